The fourth-order valence-corrected chi connectivity index (χ4v) is 0.458. The molecule has 0 aromatic rings. The number of hydrogen-bond acceptors (Lipinski definition) is 4. The minimum absolute atomic E-state index is 0.190. The molecule has 6 heteroatoms. The number of hydrazine groups is 1. The fraction of sp³-hybridized carbons (Fsp3) is 0.400. The first-order valence-electron chi connectivity index (χ1n) is 2.81. The van der Waals surface area contributed by atoms with Crippen LogP contribution >= 0.6 is 0 Å². The molecule has 0 bridgehead atoms. The molecule has 0 aromatic carbocycles. The van der Waals surface area contributed by atoms with E-state index in [1.165, 1.54) is 6.29 Å². The van der Waals surface area contributed by atoms with Gasteiger partial charge in [-0.1, -0.05) is 0 Å². The first-order valence-corrected chi connectivity index (χ1v) is 2.81. The predicted octanol–water partition coefficient (Wildman–Crippen LogP) is -2.41. The Bertz CT molecular complexity index is 159. The summed E-state index contributed by atoms with van der Waals surface area (Å²) in [6, 6.07) is -0.877. The lowest BCUT2D eigenvalue weighted by atomic mass is 10.2. The fourth-order valence-electron chi connectivity index (χ4n) is 0.458. The van der Waals surface area contributed by atoms with E-state index in [0.29, 0.717) is 6.41 Å². The van der Waals surface area contributed by atoms with Gasteiger partial charge in [0.2, 0.25) is 18.6 Å². The van der Waals surface area contributed by atoms with Crippen LogP contribution in [0.1, 0.15) is 6.42 Å². The Morgan fingerprint density at radius 3 is 2.73 bits per heavy atom. The summed E-state index contributed by atoms with van der Waals surface area (Å²) in [6.45, 7) is 0. The maximum absolute atomic E-state index is 10.2. The van der Waals surface area contributed by atoms with E-state index in [9.17, 15) is 14.4 Å². The number of nitrogens with one attached hydrogen (secondary N) is 2. The minimum Gasteiger partial charge on any atom is -0.370 e. The second-order valence-corrected chi connectivity index (χ2v) is 1.75. The molecule has 0 aliphatic carbocycles. The van der Waals surface area contributed by atoms with Gasteiger partial charge in [-0.25, -0.2) is 5.43 Å². The maximum atomic E-state index is 10.2. The smallest absolute Gasteiger partial charge is 0.221 e. The molecule has 0 saturated carbocycles. The Kier molecular flexibility index (Phi) is 4.67. The molecule has 61 valence electrons. The number of carbonyl (C=O) groups is 2. The third-order valence-corrected chi connectivity index (χ3v) is 0.864. The first-order chi connectivity index (χ1) is 5.20. The predicted molar refractivity (Wildman–Crippen MR) is 35.6 cm³/mol. The highest BCUT2D eigenvalue weighted by molar-refractivity contribution is 5.78. The monoisotopic (exact) mass is 158 g/mol. The van der Waals surface area contributed by atoms with Crippen molar-refractivity contribution in [3.05, 3.63) is 0 Å². The number of carbonyl (C=O) groups excluding carboxylic acids is 3. The van der Waals surface area contributed by atoms with Crippen molar-refractivity contribution in [2.45, 2.75) is 12.5 Å². The van der Waals surface area contributed by atoms with Crippen LogP contribution in [0.4, 0.5) is 0 Å². The lowest BCUT2D eigenvalue weighted by Gasteiger charge is -2.06. The van der Waals surface area contributed by atoms with Crippen molar-refractivity contribution in [1.29, 1.82) is 0 Å². The highest BCUT2D eigenvalue weighted by atomic mass is 16.1. The molecular formula is C5H8N3O3. The number of nitrogens with two attached hydrogens (primary N) is 1. The molecule has 0 fully saturated rings. The Morgan fingerprint density at radius 2 is 2.36 bits per heavy atom. The Balaban J connectivity index is 3.65. The Morgan fingerprint density at radius 1 is 1.73 bits per heavy atom. The normalized spacial score (nSPS) is 11.6. The average molecular weight is 158 g/mol. The van der Waals surface area contributed by atoms with Crippen molar-refractivity contribution in [2.75, 3.05) is 0 Å². The zero-order valence-electron chi connectivity index (χ0n) is 5.66. The van der Waals surface area contributed by atoms with E-state index in [4.69, 9.17) is 5.73 Å². The summed E-state index contributed by atoms with van der Waals surface area (Å²) in [6.07, 6.45) is 1.63. The lowest BCUT2D eigenvalue weighted by molar-refractivity contribution is -0.118. The van der Waals surface area contributed by atoms with Gasteiger partial charge in [0.25, 0.3) is 0 Å². The third-order valence-electron chi connectivity index (χ3n) is 0.864. The van der Waals surface area contributed by atoms with Crippen LogP contribution in [0.15, 0.2) is 0 Å². The average Bonchev–Trinajstić information content (AvgIpc) is 1.97. The van der Waals surface area contributed by atoms with Crippen molar-refractivity contribution < 1.29 is 14.4 Å². The third kappa shape index (κ3) is 5.04. The summed E-state index contributed by atoms with van der Waals surface area (Å²) >= 11 is 0. The molecule has 2 amide bonds. The topological polar surface area (TPSA) is 101 Å². The van der Waals surface area contributed by atoms with Gasteiger partial charge in [0.1, 0.15) is 6.04 Å². The standard InChI is InChI=1S/C5H8N3O3/c6-5(11)1-4(2-9)8-7-3-10/h3-4,8H,1H2,(H2,6,11)(H,7,10)/t4-/m0/s1. The van der Waals surface area contributed by atoms with E-state index in [-0.39, 0.29) is 6.42 Å². The van der Waals surface area contributed by atoms with Gasteiger partial charge in [-0.05, 0) is 0 Å². The zero-order chi connectivity index (χ0) is 8.69. The van der Waals surface area contributed by atoms with E-state index in [2.05, 4.69) is 5.43 Å². The molecule has 0 rings (SSSR count). The maximum Gasteiger partial charge on any atom is 0.221 e. The zero-order valence-corrected chi connectivity index (χ0v) is 5.66. The van der Waals surface area contributed by atoms with Crippen molar-refractivity contribution >= 4 is 18.6 Å². The van der Waals surface area contributed by atoms with Crippen molar-refractivity contribution in [2.24, 2.45) is 5.73 Å². The van der Waals surface area contributed by atoms with Crippen LogP contribution in [0.3, 0.4) is 0 Å². The summed E-state index contributed by atoms with van der Waals surface area (Å²) in [4.78, 5) is 29.9. The second kappa shape index (κ2) is 5.36. The van der Waals surface area contributed by atoms with Gasteiger partial charge in [0.15, 0.2) is 0 Å². The van der Waals surface area contributed by atoms with Crippen LogP contribution < -0.4 is 16.6 Å². The number of hydrogen-bond donors (Lipinski definition) is 3. The van der Waals surface area contributed by atoms with Crippen molar-refractivity contribution in [1.82, 2.24) is 10.9 Å². The van der Waals surface area contributed by atoms with Crippen LogP contribution in [-0.2, 0) is 14.4 Å². The molecule has 1 atom stereocenters. The Labute approximate surface area is 63.1 Å². The summed E-state index contributed by atoms with van der Waals surface area (Å²) in [7, 11) is 0. The van der Waals surface area contributed by atoms with E-state index in [0.717, 1.165) is 0 Å². The SMILES string of the molecule is NC(=O)C[C@@H]([C]=O)NNC=O. The van der Waals surface area contributed by atoms with E-state index in [1.54, 1.807) is 0 Å². The first kappa shape index (κ1) is 9.57. The quantitative estimate of drug-likeness (QED) is 0.296. The van der Waals surface area contributed by atoms with Crippen LogP contribution in [0.2, 0.25) is 0 Å². The summed E-state index contributed by atoms with van der Waals surface area (Å²) in [5, 5.41) is 0. The van der Waals surface area contributed by atoms with Gasteiger partial charge in [-0.3, -0.25) is 19.8 Å². The summed E-state index contributed by atoms with van der Waals surface area (Å²) in [5.74, 6) is -0.640. The van der Waals surface area contributed by atoms with Gasteiger partial charge in [-0.15, -0.1) is 0 Å². The molecule has 0 spiro atoms. The largest absolute Gasteiger partial charge is 0.370 e. The second-order valence-electron chi connectivity index (χ2n) is 1.75. The molecule has 11 heavy (non-hydrogen) atoms. The van der Waals surface area contributed by atoms with Crippen molar-refractivity contribution in [3.8, 4) is 0 Å². The number of rotatable bonds is 6. The lowest BCUT2D eigenvalue weighted by Crippen LogP contribution is -2.43. The highest BCUT2D eigenvalue weighted by Crippen LogP contribution is 1.83. The van der Waals surface area contributed by atoms with Crippen LogP contribution in [0.5, 0.6) is 0 Å². The summed E-state index contributed by atoms with van der Waals surface area (Å²) < 4.78 is 0. The molecule has 0 aliphatic heterocycles. The molecule has 0 aromatic heterocycles. The minimum atomic E-state index is -0.877. The summed E-state index contributed by atoms with van der Waals surface area (Å²) in [5.41, 5.74) is 8.98. The van der Waals surface area contributed by atoms with Crippen LogP contribution in [0.25, 0.3) is 0 Å². The van der Waals surface area contributed by atoms with E-state index in [1.807, 2.05) is 5.43 Å². The molecular weight excluding hydrogens is 150 g/mol. The number of amides is 2. The van der Waals surface area contributed by atoms with Crippen molar-refractivity contribution in [3.63, 3.8) is 0 Å². The van der Waals surface area contributed by atoms with Gasteiger partial charge in [0, 0.05) is 0 Å². The molecule has 1 radical (unpaired) electrons. The van der Waals surface area contributed by atoms with E-state index >= 15 is 0 Å². The van der Waals surface area contributed by atoms with Gasteiger partial charge in [-0.2, -0.15) is 0 Å². The van der Waals surface area contributed by atoms with Crippen LogP contribution in [-0.4, -0.2) is 24.6 Å². The van der Waals surface area contributed by atoms with Gasteiger partial charge >= 0.3 is 0 Å². The Hall–Kier alpha value is -1.43. The molecule has 0 aliphatic rings. The van der Waals surface area contributed by atoms with Crippen LogP contribution in [0, 0.1) is 0 Å². The molecule has 0 heterocycles. The van der Waals surface area contributed by atoms with Gasteiger partial charge in [0.05, 0.1) is 6.42 Å². The molecule has 4 N–H and O–H groups in total. The van der Waals surface area contributed by atoms with E-state index < -0.39 is 11.9 Å². The number of primary amides is 1. The molecule has 6 nitrogen and oxygen atoms in total. The van der Waals surface area contributed by atoms with Gasteiger partial charge < -0.3 is 5.73 Å². The molecule has 0 unspecified atom stereocenters. The highest BCUT2D eigenvalue weighted by Gasteiger charge is 2.09. The molecule has 0 saturated heterocycles.